The van der Waals surface area contributed by atoms with Gasteiger partial charge in [-0.15, -0.1) is 10.2 Å². The summed E-state index contributed by atoms with van der Waals surface area (Å²) in [5.41, 5.74) is 2.66. The van der Waals surface area contributed by atoms with E-state index in [0.717, 1.165) is 11.1 Å². The molecule has 0 saturated heterocycles. The van der Waals surface area contributed by atoms with Gasteiger partial charge < -0.3 is 14.5 Å². The van der Waals surface area contributed by atoms with Crippen molar-refractivity contribution in [3.8, 4) is 11.5 Å². The van der Waals surface area contributed by atoms with Crippen LogP contribution in [0.2, 0.25) is 0 Å². The fourth-order valence-electron chi connectivity index (χ4n) is 2.66. The Kier molecular flexibility index (Phi) is 6.16. The molecule has 1 amide bonds. The number of aromatic nitrogens is 2. The van der Waals surface area contributed by atoms with Gasteiger partial charge in [-0.25, -0.2) is 4.79 Å². The van der Waals surface area contributed by atoms with Crippen molar-refractivity contribution in [1.29, 1.82) is 0 Å². The number of hydrogen-bond acceptors (Lipinski definition) is 6. The molecule has 7 heteroatoms. The summed E-state index contributed by atoms with van der Waals surface area (Å²) in [5.74, 6) is 0.0715. The van der Waals surface area contributed by atoms with Crippen molar-refractivity contribution in [2.24, 2.45) is 0 Å². The van der Waals surface area contributed by atoms with E-state index in [1.54, 1.807) is 31.2 Å². The van der Waals surface area contributed by atoms with Crippen LogP contribution in [0.25, 0.3) is 11.5 Å². The maximum Gasteiger partial charge on any atom is 0.340 e. The normalized spacial score (nSPS) is 10.5. The molecule has 0 aliphatic heterocycles. The Balaban J connectivity index is 1.61. The largest absolute Gasteiger partial charge is 0.462 e. The van der Waals surface area contributed by atoms with Gasteiger partial charge in [-0.3, -0.25) is 4.79 Å². The zero-order valence-corrected chi connectivity index (χ0v) is 15.8. The monoisotopic (exact) mass is 379 g/mol. The second-order valence-corrected chi connectivity index (χ2v) is 6.18. The summed E-state index contributed by atoms with van der Waals surface area (Å²) < 4.78 is 10.7. The number of carbonyl (C=O) groups excluding carboxylic acids is 2. The van der Waals surface area contributed by atoms with E-state index in [-0.39, 0.29) is 18.9 Å². The lowest BCUT2D eigenvalue weighted by Crippen LogP contribution is -2.16. The number of rotatable bonds is 7. The van der Waals surface area contributed by atoms with Crippen molar-refractivity contribution < 1.29 is 18.7 Å². The molecule has 2 aromatic carbocycles. The molecule has 0 atom stereocenters. The summed E-state index contributed by atoms with van der Waals surface area (Å²) in [6.45, 7) is 3.98. The van der Waals surface area contributed by atoms with Gasteiger partial charge in [-0.2, -0.15) is 0 Å². The van der Waals surface area contributed by atoms with Crippen molar-refractivity contribution in [1.82, 2.24) is 10.2 Å². The van der Waals surface area contributed by atoms with Crippen LogP contribution in [-0.4, -0.2) is 28.7 Å². The Morgan fingerprint density at radius 1 is 1.11 bits per heavy atom. The Morgan fingerprint density at radius 2 is 1.93 bits per heavy atom. The van der Waals surface area contributed by atoms with E-state index in [2.05, 4.69) is 15.5 Å². The molecule has 3 aromatic rings. The summed E-state index contributed by atoms with van der Waals surface area (Å²) >= 11 is 0. The Bertz CT molecular complexity index is 981. The van der Waals surface area contributed by atoms with Gasteiger partial charge in [0.05, 0.1) is 17.9 Å². The summed E-state index contributed by atoms with van der Waals surface area (Å²) in [4.78, 5) is 24.3. The number of esters is 1. The smallest absolute Gasteiger partial charge is 0.340 e. The number of aryl methyl sites for hydroxylation is 2. The van der Waals surface area contributed by atoms with Gasteiger partial charge in [0.15, 0.2) is 0 Å². The van der Waals surface area contributed by atoms with Crippen molar-refractivity contribution in [3.63, 3.8) is 0 Å². The van der Waals surface area contributed by atoms with Gasteiger partial charge in [0.1, 0.15) is 0 Å². The predicted molar refractivity (Wildman–Crippen MR) is 104 cm³/mol. The van der Waals surface area contributed by atoms with Gasteiger partial charge in [-0.1, -0.05) is 29.8 Å². The first-order valence-electron chi connectivity index (χ1n) is 9.02. The van der Waals surface area contributed by atoms with Crippen LogP contribution >= 0.6 is 0 Å². The number of nitrogens with one attached hydrogen (secondary N) is 1. The number of benzene rings is 2. The van der Waals surface area contributed by atoms with Gasteiger partial charge in [-0.05, 0) is 38.1 Å². The summed E-state index contributed by atoms with van der Waals surface area (Å²) in [5, 5.41) is 10.8. The van der Waals surface area contributed by atoms with Crippen molar-refractivity contribution in [2.75, 3.05) is 11.9 Å². The summed E-state index contributed by atoms with van der Waals surface area (Å²) in [7, 11) is 0. The first-order chi connectivity index (χ1) is 13.6. The highest BCUT2D eigenvalue weighted by atomic mass is 16.5. The molecular weight excluding hydrogens is 358 g/mol. The number of ether oxygens (including phenoxy) is 1. The molecule has 0 fully saturated rings. The molecule has 144 valence electrons. The average molecular weight is 379 g/mol. The first-order valence-corrected chi connectivity index (χ1v) is 9.02. The van der Waals surface area contributed by atoms with E-state index < -0.39 is 5.97 Å². The van der Waals surface area contributed by atoms with Crippen LogP contribution < -0.4 is 5.32 Å². The second-order valence-electron chi connectivity index (χ2n) is 6.18. The van der Waals surface area contributed by atoms with Gasteiger partial charge in [0.25, 0.3) is 0 Å². The fraction of sp³-hybridized carbons (Fsp3) is 0.238. The summed E-state index contributed by atoms with van der Waals surface area (Å²) in [6.07, 6.45) is 0.443. The highest BCUT2D eigenvalue weighted by molar-refractivity contribution is 6.01. The van der Waals surface area contributed by atoms with E-state index in [9.17, 15) is 9.59 Å². The van der Waals surface area contributed by atoms with E-state index in [1.165, 1.54) is 0 Å². The number of anilines is 1. The molecule has 0 aliphatic carbocycles. The number of carbonyl (C=O) groups is 2. The third-order valence-electron chi connectivity index (χ3n) is 3.99. The average Bonchev–Trinajstić information content (AvgIpc) is 3.16. The molecule has 0 unspecified atom stereocenters. The molecular formula is C21H21N3O4. The fourth-order valence-corrected chi connectivity index (χ4v) is 2.66. The zero-order chi connectivity index (χ0) is 19.9. The number of nitrogens with zero attached hydrogens (tertiary/aromatic N) is 2. The Hall–Kier alpha value is -3.48. The maximum atomic E-state index is 12.3. The quantitative estimate of drug-likeness (QED) is 0.628. The molecule has 1 heterocycles. The zero-order valence-electron chi connectivity index (χ0n) is 15.8. The van der Waals surface area contributed by atoms with Crippen LogP contribution in [0.15, 0.2) is 52.9 Å². The number of para-hydroxylation sites is 1. The lowest BCUT2D eigenvalue weighted by atomic mass is 10.1. The van der Waals surface area contributed by atoms with Gasteiger partial charge >= 0.3 is 5.97 Å². The molecule has 0 aliphatic rings. The van der Waals surface area contributed by atoms with E-state index >= 15 is 0 Å². The Morgan fingerprint density at radius 3 is 2.71 bits per heavy atom. The standard InChI is InChI=1S/C21H21N3O4/c1-3-27-21(26)16-9-4-5-10-17(16)22-18(25)11-12-19-23-24-20(28-19)15-8-6-7-14(2)13-15/h4-10,13H,3,11-12H2,1-2H3,(H,22,25). The molecule has 0 radical (unpaired) electrons. The molecule has 0 spiro atoms. The minimum absolute atomic E-state index is 0.145. The van der Waals surface area contributed by atoms with Gasteiger partial charge in [0.2, 0.25) is 17.7 Å². The topological polar surface area (TPSA) is 94.3 Å². The third-order valence-corrected chi connectivity index (χ3v) is 3.99. The maximum absolute atomic E-state index is 12.3. The molecule has 7 nitrogen and oxygen atoms in total. The molecule has 1 N–H and O–H groups in total. The molecule has 0 saturated carbocycles. The number of hydrogen-bond donors (Lipinski definition) is 1. The molecule has 0 bridgehead atoms. The summed E-state index contributed by atoms with van der Waals surface area (Å²) in [6, 6.07) is 14.5. The first kappa shape index (κ1) is 19.3. The van der Waals surface area contributed by atoms with Crippen LogP contribution in [0.5, 0.6) is 0 Å². The van der Waals surface area contributed by atoms with Crippen molar-refractivity contribution in [2.45, 2.75) is 26.7 Å². The van der Waals surface area contributed by atoms with Crippen LogP contribution in [0.3, 0.4) is 0 Å². The lowest BCUT2D eigenvalue weighted by molar-refractivity contribution is -0.116. The van der Waals surface area contributed by atoms with Gasteiger partial charge in [0, 0.05) is 18.4 Å². The highest BCUT2D eigenvalue weighted by Crippen LogP contribution is 2.20. The highest BCUT2D eigenvalue weighted by Gasteiger charge is 2.15. The van der Waals surface area contributed by atoms with Crippen molar-refractivity contribution in [3.05, 3.63) is 65.5 Å². The third kappa shape index (κ3) is 4.82. The van der Waals surface area contributed by atoms with E-state index in [0.29, 0.717) is 29.5 Å². The number of amides is 1. The van der Waals surface area contributed by atoms with Crippen molar-refractivity contribution >= 4 is 17.6 Å². The van der Waals surface area contributed by atoms with Crippen LogP contribution in [-0.2, 0) is 16.0 Å². The van der Waals surface area contributed by atoms with Crippen LogP contribution in [0.4, 0.5) is 5.69 Å². The molecule has 3 rings (SSSR count). The second kappa shape index (κ2) is 8.94. The minimum atomic E-state index is -0.474. The minimum Gasteiger partial charge on any atom is -0.462 e. The molecule has 28 heavy (non-hydrogen) atoms. The predicted octanol–water partition coefficient (Wildman–Crippen LogP) is 3.79. The Labute approximate surface area is 162 Å². The van der Waals surface area contributed by atoms with Crippen LogP contribution in [0, 0.1) is 6.92 Å². The van der Waals surface area contributed by atoms with E-state index in [1.807, 2.05) is 31.2 Å². The van der Waals surface area contributed by atoms with Crippen LogP contribution in [0.1, 0.15) is 35.2 Å². The SMILES string of the molecule is CCOC(=O)c1ccccc1NC(=O)CCc1nnc(-c2cccc(C)c2)o1. The molecule has 1 aromatic heterocycles. The van der Waals surface area contributed by atoms with E-state index in [4.69, 9.17) is 9.15 Å². The lowest BCUT2D eigenvalue weighted by Gasteiger charge is -2.09.